The lowest BCUT2D eigenvalue weighted by Gasteiger charge is -2.20. The number of rotatable bonds is 5. The Kier molecular flexibility index (Phi) is 4.52. The zero-order valence-electron chi connectivity index (χ0n) is 15.3. The predicted molar refractivity (Wildman–Crippen MR) is 96.8 cm³/mol. The third kappa shape index (κ3) is 3.18. The molecule has 0 bridgehead atoms. The third-order valence-electron chi connectivity index (χ3n) is 5.55. The minimum atomic E-state index is 0.162. The molecule has 5 heteroatoms. The van der Waals surface area contributed by atoms with Crippen LogP contribution >= 0.6 is 0 Å². The fourth-order valence-electron chi connectivity index (χ4n) is 4.12. The van der Waals surface area contributed by atoms with Gasteiger partial charge in [0.2, 0.25) is 0 Å². The molecular formula is C20H27N3O2. The molecule has 25 heavy (non-hydrogen) atoms. The summed E-state index contributed by atoms with van der Waals surface area (Å²) in [6.45, 7) is 7.72. The van der Waals surface area contributed by atoms with Crippen LogP contribution in [0.15, 0.2) is 18.2 Å². The summed E-state index contributed by atoms with van der Waals surface area (Å²) in [6.07, 6.45) is 2.29. The molecule has 0 aliphatic carbocycles. The molecule has 0 spiro atoms. The molecule has 1 aromatic heterocycles. The average molecular weight is 341 g/mol. The summed E-state index contributed by atoms with van der Waals surface area (Å²) in [7, 11) is 2.01. The van der Waals surface area contributed by atoms with Crippen molar-refractivity contribution in [3.8, 4) is 5.75 Å². The van der Waals surface area contributed by atoms with E-state index in [1.165, 1.54) is 22.4 Å². The van der Waals surface area contributed by atoms with Gasteiger partial charge in [-0.15, -0.1) is 0 Å². The van der Waals surface area contributed by atoms with Gasteiger partial charge in [-0.3, -0.25) is 4.68 Å². The quantitative estimate of drug-likeness (QED) is 0.908. The summed E-state index contributed by atoms with van der Waals surface area (Å²) in [6, 6.07) is 6.53. The van der Waals surface area contributed by atoms with Crippen LogP contribution in [-0.4, -0.2) is 29.5 Å². The lowest BCUT2D eigenvalue weighted by molar-refractivity contribution is 0.0893. The van der Waals surface area contributed by atoms with Gasteiger partial charge in [0.25, 0.3) is 0 Å². The van der Waals surface area contributed by atoms with Crippen molar-refractivity contribution in [2.24, 2.45) is 13.0 Å². The van der Waals surface area contributed by atoms with E-state index in [-0.39, 0.29) is 6.10 Å². The smallest absolute Gasteiger partial charge is 0.122 e. The normalized spacial score (nSPS) is 22.2. The summed E-state index contributed by atoms with van der Waals surface area (Å²) >= 11 is 0. The van der Waals surface area contributed by atoms with Crippen LogP contribution in [0.5, 0.6) is 5.75 Å². The minimum Gasteiger partial charge on any atom is -0.493 e. The number of nitrogens with zero attached hydrogens (tertiary/aromatic N) is 2. The maximum Gasteiger partial charge on any atom is 0.122 e. The van der Waals surface area contributed by atoms with Crippen molar-refractivity contribution in [1.82, 2.24) is 15.1 Å². The van der Waals surface area contributed by atoms with Gasteiger partial charge < -0.3 is 14.8 Å². The van der Waals surface area contributed by atoms with Crippen LogP contribution in [0.25, 0.3) is 0 Å². The molecule has 1 saturated heterocycles. The van der Waals surface area contributed by atoms with Gasteiger partial charge in [0, 0.05) is 50.3 Å². The van der Waals surface area contributed by atoms with E-state index < -0.39 is 0 Å². The second kappa shape index (κ2) is 6.81. The molecule has 2 aliphatic heterocycles. The van der Waals surface area contributed by atoms with Gasteiger partial charge in [0.15, 0.2) is 0 Å². The number of hydrogen-bond donors (Lipinski definition) is 1. The van der Waals surface area contributed by atoms with Gasteiger partial charge in [0.1, 0.15) is 5.75 Å². The van der Waals surface area contributed by atoms with Crippen molar-refractivity contribution >= 4 is 0 Å². The zero-order valence-corrected chi connectivity index (χ0v) is 15.3. The highest BCUT2D eigenvalue weighted by molar-refractivity contribution is 5.39. The Labute approximate surface area is 149 Å². The van der Waals surface area contributed by atoms with Crippen LogP contribution in [0.2, 0.25) is 0 Å². The van der Waals surface area contributed by atoms with Crippen molar-refractivity contribution < 1.29 is 9.47 Å². The van der Waals surface area contributed by atoms with Crippen LogP contribution in [0.1, 0.15) is 40.6 Å². The second-order valence-corrected chi connectivity index (χ2v) is 7.22. The Hall–Kier alpha value is -1.85. The number of ether oxygens (including phenoxy) is 2. The number of nitrogens with one attached hydrogen (secondary N) is 1. The molecule has 0 radical (unpaired) electrons. The lowest BCUT2D eigenvalue weighted by atomic mass is 9.94. The first-order valence-electron chi connectivity index (χ1n) is 9.20. The Morgan fingerprint density at radius 1 is 1.28 bits per heavy atom. The first-order valence-corrected chi connectivity index (χ1v) is 9.20. The molecule has 0 amide bonds. The lowest BCUT2D eigenvalue weighted by Crippen LogP contribution is -2.25. The van der Waals surface area contributed by atoms with Gasteiger partial charge in [-0.1, -0.05) is 12.1 Å². The Morgan fingerprint density at radius 3 is 2.96 bits per heavy atom. The van der Waals surface area contributed by atoms with E-state index in [1.54, 1.807) is 0 Å². The molecule has 134 valence electrons. The molecule has 3 heterocycles. The molecule has 2 atom stereocenters. The first-order chi connectivity index (χ1) is 12.1. The Morgan fingerprint density at radius 2 is 2.16 bits per heavy atom. The van der Waals surface area contributed by atoms with Crippen molar-refractivity contribution in [2.75, 3.05) is 19.8 Å². The van der Waals surface area contributed by atoms with Crippen LogP contribution in [-0.2, 0) is 24.8 Å². The summed E-state index contributed by atoms with van der Waals surface area (Å²) in [5.41, 5.74) is 6.25. The Balaban J connectivity index is 1.39. The van der Waals surface area contributed by atoms with Crippen molar-refractivity contribution in [3.05, 3.63) is 46.3 Å². The predicted octanol–water partition coefficient (Wildman–Crippen LogP) is 2.84. The number of fused-ring (bicyclic) bond motifs is 1. The van der Waals surface area contributed by atoms with Crippen LogP contribution in [0.4, 0.5) is 0 Å². The second-order valence-electron chi connectivity index (χ2n) is 7.22. The highest BCUT2D eigenvalue weighted by Gasteiger charge is 2.33. The minimum absolute atomic E-state index is 0.162. The molecular weight excluding hydrogens is 314 g/mol. The number of aryl methyl sites for hydroxylation is 2. The summed E-state index contributed by atoms with van der Waals surface area (Å²) in [5.74, 6) is 1.55. The maximum atomic E-state index is 6.08. The van der Waals surface area contributed by atoms with Crippen molar-refractivity contribution in [2.45, 2.75) is 39.3 Å². The van der Waals surface area contributed by atoms with E-state index in [4.69, 9.17) is 9.47 Å². The van der Waals surface area contributed by atoms with Gasteiger partial charge in [-0.05, 0) is 37.5 Å². The molecule has 5 nitrogen and oxygen atoms in total. The monoisotopic (exact) mass is 341 g/mol. The Bertz CT molecular complexity index is 769. The third-order valence-corrected chi connectivity index (χ3v) is 5.55. The van der Waals surface area contributed by atoms with Gasteiger partial charge >= 0.3 is 0 Å². The van der Waals surface area contributed by atoms with E-state index >= 15 is 0 Å². The first kappa shape index (κ1) is 16.6. The number of benzene rings is 1. The standard InChI is InChI=1S/C20H27N3O2/c1-13-19(14(2)23(3)22-13)20-17(7-9-25-20)12-21-11-15-4-5-18-16(10-15)6-8-24-18/h4-5,10,17,20-21H,6-9,11-12H2,1-3H3/t17-,20-/m1/s1. The molecule has 2 aromatic rings. The molecule has 0 unspecified atom stereocenters. The molecule has 2 aliphatic rings. The highest BCUT2D eigenvalue weighted by Crippen LogP contribution is 2.37. The largest absolute Gasteiger partial charge is 0.493 e. The topological polar surface area (TPSA) is 48.3 Å². The van der Waals surface area contributed by atoms with E-state index in [9.17, 15) is 0 Å². The molecule has 1 fully saturated rings. The number of hydrogen-bond acceptors (Lipinski definition) is 4. The molecule has 1 aromatic carbocycles. The zero-order chi connectivity index (χ0) is 17.4. The van der Waals surface area contributed by atoms with Crippen molar-refractivity contribution in [1.29, 1.82) is 0 Å². The SMILES string of the molecule is Cc1nn(C)c(C)c1[C@@H]1OCC[C@@H]1CNCc1ccc2c(c1)CCO2. The fourth-order valence-corrected chi connectivity index (χ4v) is 4.12. The van der Waals surface area contributed by atoms with E-state index in [0.717, 1.165) is 50.6 Å². The summed E-state index contributed by atoms with van der Waals surface area (Å²) in [4.78, 5) is 0. The van der Waals surface area contributed by atoms with Crippen molar-refractivity contribution in [3.63, 3.8) is 0 Å². The number of aromatic nitrogens is 2. The molecule has 1 N–H and O–H groups in total. The van der Waals surface area contributed by atoms with Crippen LogP contribution in [0.3, 0.4) is 0 Å². The van der Waals surface area contributed by atoms with Gasteiger partial charge in [0.05, 0.1) is 18.4 Å². The summed E-state index contributed by atoms with van der Waals surface area (Å²) in [5, 5.41) is 8.19. The van der Waals surface area contributed by atoms with E-state index in [2.05, 4.69) is 42.5 Å². The van der Waals surface area contributed by atoms with Crippen LogP contribution in [0, 0.1) is 19.8 Å². The highest BCUT2D eigenvalue weighted by atomic mass is 16.5. The van der Waals surface area contributed by atoms with Crippen LogP contribution < -0.4 is 10.1 Å². The average Bonchev–Trinajstić information content (AvgIpc) is 3.28. The molecule has 4 rings (SSSR count). The summed E-state index contributed by atoms with van der Waals surface area (Å²) < 4.78 is 13.6. The fraction of sp³-hybridized carbons (Fsp3) is 0.550. The molecule has 0 saturated carbocycles. The van der Waals surface area contributed by atoms with Gasteiger partial charge in [-0.25, -0.2) is 0 Å². The van der Waals surface area contributed by atoms with E-state index in [1.807, 2.05) is 11.7 Å². The van der Waals surface area contributed by atoms with E-state index in [0.29, 0.717) is 5.92 Å². The maximum absolute atomic E-state index is 6.08. The van der Waals surface area contributed by atoms with Gasteiger partial charge in [-0.2, -0.15) is 5.10 Å².